The van der Waals surface area contributed by atoms with Gasteiger partial charge in [-0.3, -0.25) is 0 Å². The van der Waals surface area contributed by atoms with E-state index in [9.17, 15) is 4.79 Å². The zero-order valence-electron chi connectivity index (χ0n) is 15.7. The number of benzene rings is 1. The molecule has 0 fully saturated rings. The van der Waals surface area contributed by atoms with Crippen LogP contribution in [-0.2, 0) is 13.0 Å². The van der Waals surface area contributed by atoms with Crippen molar-refractivity contribution in [1.29, 1.82) is 0 Å². The molecule has 0 aliphatic carbocycles. The van der Waals surface area contributed by atoms with Crippen molar-refractivity contribution in [2.45, 2.75) is 19.9 Å². The molecule has 0 unspecified atom stereocenters. The third-order valence-electron chi connectivity index (χ3n) is 4.05. The summed E-state index contributed by atoms with van der Waals surface area (Å²) >= 11 is 1.65. The van der Waals surface area contributed by atoms with Crippen LogP contribution in [-0.4, -0.2) is 45.3 Å². The van der Waals surface area contributed by atoms with Gasteiger partial charge in [-0.2, -0.15) is 0 Å². The lowest BCUT2D eigenvalue weighted by molar-refractivity contribution is 0.198. The van der Waals surface area contributed by atoms with E-state index >= 15 is 0 Å². The summed E-state index contributed by atoms with van der Waals surface area (Å²) in [5.41, 5.74) is 0.951. The van der Waals surface area contributed by atoms with E-state index in [-0.39, 0.29) is 6.03 Å². The summed E-state index contributed by atoms with van der Waals surface area (Å²) in [7, 11) is 4.76. The Morgan fingerprint density at radius 3 is 2.46 bits per heavy atom. The number of rotatable bonds is 9. The van der Waals surface area contributed by atoms with Crippen LogP contribution in [0.15, 0.2) is 29.6 Å². The maximum Gasteiger partial charge on any atom is 0.317 e. The quantitative estimate of drug-likeness (QED) is 0.725. The predicted molar refractivity (Wildman–Crippen MR) is 104 cm³/mol. The molecular weight excluding hydrogens is 352 g/mol. The molecule has 1 aromatic heterocycles. The van der Waals surface area contributed by atoms with E-state index in [2.05, 4.69) is 5.32 Å². The zero-order valence-corrected chi connectivity index (χ0v) is 16.5. The molecule has 1 N–H and O–H groups in total. The van der Waals surface area contributed by atoms with Crippen LogP contribution >= 0.6 is 11.3 Å². The highest BCUT2D eigenvalue weighted by molar-refractivity contribution is 7.09. The molecule has 2 rings (SSSR count). The van der Waals surface area contributed by atoms with E-state index in [0.29, 0.717) is 43.3 Å². The van der Waals surface area contributed by atoms with Crippen LogP contribution in [0, 0.1) is 0 Å². The van der Waals surface area contributed by atoms with Gasteiger partial charge >= 0.3 is 6.03 Å². The van der Waals surface area contributed by atoms with Crippen LogP contribution in [0.4, 0.5) is 4.79 Å². The van der Waals surface area contributed by atoms with Crippen molar-refractivity contribution in [3.63, 3.8) is 0 Å². The Kier molecular flexibility index (Phi) is 7.59. The average molecular weight is 378 g/mol. The number of hydrogen-bond donors (Lipinski definition) is 1. The first-order valence-corrected chi connectivity index (χ1v) is 9.35. The van der Waals surface area contributed by atoms with Crippen molar-refractivity contribution in [2.24, 2.45) is 0 Å². The summed E-state index contributed by atoms with van der Waals surface area (Å²) < 4.78 is 16.2. The van der Waals surface area contributed by atoms with Gasteiger partial charge in [-0.15, -0.1) is 11.3 Å². The smallest absolute Gasteiger partial charge is 0.317 e. The van der Waals surface area contributed by atoms with Crippen LogP contribution in [0.2, 0.25) is 0 Å². The molecule has 0 radical (unpaired) electrons. The normalized spacial score (nSPS) is 10.3. The minimum atomic E-state index is -0.0691. The maximum absolute atomic E-state index is 12.4. The molecule has 0 aliphatic heterocycles. The third-order valence-corrected chi connectivity index (χ3v) is 4.91. The third kappa shape index (κ3) is 4.82. The van der Waals surface area contributed by atoms with Crippen molar-refractivity contribution < 1.29 is 19.0 Å². The molecule has 0 bridgehead atoms. The molecular formula is C19H26N2O4S. The first-order chi connectivity index (χ1) is 12.6. The standard InChI is InChI=1S/C19H26N2O4S/c1-5-21(13-15-7-6-12-26-15)19(22)20-11-10-14-8-9-16(23-2)18(25-4)17(14)24-3/h6-9,12H,5,10-11,13H2,1-4H3,(H,20,22). The molecule has 0 saturated carbocycles. The van der Waals surface area contributed by atoms with Gasteiger partial charge < -0.3 is 24.4 Å². The molecule has 0 aliphatic rings. The number of ether oxygens (including phenoxy) is 3. The van der Waals surface area contributed by atoms with Gasteiger partial charge in [0.05, 0.1) is 27.9 Å². The van der Waals surface area contributed by atoms with E-state index in [1.54, 1.807) is 37.6 Å². The largest absolute Gasteiger partial charge is 0.493 e. The summed E-state index contributed by atoms with van der Waals surface area (Å²) in [5, 5.41) is 4.99. The zero-order chi connectivity index (χ0) is 18.9. The monoisotopic (exact) mass is 378 g/mol. The summed E-state index contributed by atoms with van der Waals surface area (Å²) in [6, 6.07) is 7.73. The predicted octanol–water partition coefficient (Wildman–Crippen LogP) is 3.55. The van der Waals surface area contributed by atoms with E-state index in [1.165, 1.54) is 4.88 Å². The van der Waals surface area contributed by atoms with Crippen LogP contribution in [0.5, 0.6) is 17.2 Å². The minimum absolute atomic E-state index is 0.0691. The van der Waals surface area contributed by atoms with Crippen LogP contribution in [0.3, 0.4) is 0 Å². The Balaban J connectivity index is 1.97. The van der Waals surface area contributed by atoms with Crippen LogP contribution in [0.1, 0.15) is 17.4 Å². The van der Waals surface area contributed by atoms with Crippen LogP contribution in [0.25, 0.3) is 0 Å². The fraction of sp³-hybridized carbons (Fsp3) is 0.421. The number of thiophene rings is 1. The van der Waals surface area contributed by atoms with Gasteiger partial charge in [-0.25, -0.2) is 4.79 Å². The van der Waals surface area contributed by atoms with E-state index in [1.807, 2.05) is 36.6 Å². The summed E-state index contributed by atoms with van der Waals surface area (Å²) in [6.45, 7) is 3.76. The number of carbonyl (C=O) groups excluding carboxylic acids is 1. The second-order valence-electron chi connectivity index (χ2n) is 5.57. The summed E-state index contributed by atoms with van der Waals surface area (Å²) in [4.78, 5) is 15.4. The second-order valence-corrected chi connectivity index (χ2v) is 6.60. The fourth-order valence-corrected chi connectivity index (χ4v) is 3.41. The van der Waals surface area contributed by atoms with Crippen LogP contribution < -0.4 is 19.5 Å². The number of nitrogens with one attached hydrogen (secondary N) is 1. The maximum atomic E-state index is 12.4. The first-order valence-electron chi connectivity index (χ1n) is 8.47. The Labute approximate surface area is 158 Å². The highest BCUT2D eigenvalue weighted by Crippen LogP contribution is 2.39. The highest BCUT2D eigenvalue weighted by atomic mass is 32.1. The average Bonchev–Trinajstić information content (AvgIpc) is 3.18. The summed E-state index contributed by atoms with van der Waals surface area (Å²) in [5.74, 6) is 1.81. The van der Waals surface area contributed by atoms with Gasteiger partial charge in [0.15, 0.2) is 11.5 Å². The Bertz CT molecular complexity index is 704. The molecule has 142 valence electrons. The van der Waals surface area contributed by atoms with E-state index in [0.717, 1.165) is 5.56 Å². The lowest BCUT2D eigenvalue weighted by Gasteiger charge is -2.21. The molecule has 26 heavy (non-hydrogen) atoms. The molecule has 0 saturated heterocycles. The lowest BCUT2D eigenvalue weighted by atomic mass is 10.1. The van der Waals surface area contributed by atoms with Gasteiger partial charge in [0.2, 0.25) is 5.75 Å². The molecule has 0 atom stereocenters. The number of hydrogen-bond acceptors (Lipinski definition) is 5. The number of amides is 2. The molecule has 6 nitrogen and oxygen atoms in total. The SMILES string of the molecule is CCN(Cc1cccs1)C(=O)NCCc1ccc(OC)c(OC)c1OC. The van der Waals surface area contributed by atoms with Gasteiger partial charge in [0.25, 0.3) is 0 Å². The van der Waals surface area contributed by atoms with Gasteiger partial charge in [0.1, 0.15) is 0 Å². The highest BCUT2D eigenvalue weighted by Gasteiger charge is 2.16. The Morgan fingerprint density at radius 2 is 1.88 bits per heavy atom. The molecule has 0 spiro atoms. The molecule has 7 heteroatoms. The molecule has 2 aromatic rings. The minimum Gasteiger partial charge on any atom is -0.493 e. The number of methoxy groups -OCH3 is 3. The fourth-order valence-electron chi connectivity index (χ4n) is 2.69. The van der Waals surface area contributed by atoms with Crippen molar-refractivity contribution in [3.05, 3.63) is 40.1 Å². The molecule has 1 heterocycles. The number of carbonyl (C=O) groups is 1. The van der Waals surface area contributed by atoms with Gasteiger partial charge in [-0.05, 0) is 30.9 Å². The van der Waals surface area contributed by atoms with Gasteiger partial charge in [0, 0.05) is 23.5 Å². The summed E-state index contributed by atoms with van der Waals surface area (Å²) in [6.07, 6.45) is 0.631. The van der Waals surface area contributed by atoms with Crippen molar-refractivity contribution in [3.8, 4) is 17.2 Å². The van der Waals surface area contributed by atoms with E-state index in [4.69, 9.17) is 14.2 Å². The number of urea groups is 1. The lowest BCUT2D eigenvalue weighted by Crippen LogP contribution is -2.40. The van der Waals surface area contributed by atoms with Gasteiger partial charge in [-0.1, -0.05) is 12.1 Å². The van der Waals surface area contributed by atoms with Crippen molar-refractivity contribution in [1.82, 2.24) is 10.2 Å². The molecule has 2 amide bonds. The Hall–Kier alpha value is -2.41. The topological polar surface area (TPSA) is 60.0 Å². The van der Waals surface area contributed by atoms with E-state index < -0.39 is 0 Å². The Morgan fingerprint density at radius 1 is 1.12 bits per heavy atom. The number of nitrogens with zero attached hydrogens (tertiary/aromatic N) is 1. The molecule has 1 aromatic carbocycles. The second kappa shape index (κ2) is 9.91. The van der Waals surface area contributed by atoms with Crippen molar-refractivity contribution >= 4 is 17.4 Å². The first kappa shape index (κ1) is 19.9. The van der Waals surface area contributed by atoms with Crippen molar-refractivity contribution in [2.75, 3.05) is 34.4 Å².